The van der Waals surface area contributed by atoms with Gasteiger partial charge in [-0.25, -0.2) is 13.2 Å². The minimum Gasteiger partial charge on any atom is -0.748 e. The van der Waals surface area contributed by atoms with Gasteiger partial charge in [0.05, 0.1) is 51.9 Å². The molecule has 9 nitrogen and oxygen atoms in total. The number of aromatic amines is 1. The first kappa shape index (κ1) is 23.6. The third kappa shape index (κ3) is 3.89. The molecule has 0 bridgehead atoms. The lowest BCUT2D eigenvalue weighted by molar-refractivity contribution is -0.943. The first-order valence-electron chi connectivity index (χ1n) is 11.0. The maximum Gasteiger partial charge on any atom is 0.337 e. The summed E-state index contributed by atoms with van der Waals surface area (Å²) in [6, 6.07) is 5.00. The number of esters is 1. The summed E-state index contributed by atoms with van der Waals surface area (Å²) in [6.45, 7) is 3.25. The Kier molecular flexibility index (Phi) is 6.43. The molecule has 4 rings (SSSR count). The number of ether oxygens (including phenoxy) is 3. The van der Waals surface area contributed by atoms with Crippen molar-refractivity contribution in [1.82, 2.24) is 4.98 Å². The summed E-state index contributed by atoms with van der Waals surface area (Å²) >= 11 is 0. The fraction of sp³-hybridized carbons (Fsp3) is 0.522. The highest BCUT2D eigenvalue weighted by Gasteiger charge is 2.55. The fourth-order valence-electron chi connectivity index (χ4n) is 5.89. The summed E-state index contributed by atoms with van der Waals surface area (Å²) in [5.41, 5.74) is 2.60. The van der Waals surface area contributed by atoms with Crippen LogP contribution >= 0.6 is 0 Å². The van der Waals surface area contributed by atoms with Gasteiger partial charge in [0.2, 0.25) is 0 Å². The molecular weight excluding hydrogens is 448 g/mol. The zero-order valence-corrected chi connectivity index (χ0v) is 20.0. The molecule has 1 saturated heterocycles. The molecule has 0 spiro atoms. The Morgan fingerprint density at radius 3 is 2.67 bits per heavy atom. The minimum atomic E-state index is -4.82. The number of benzene rings is 1. The molecule has 10 heteroatoms. The highest BCUT2D eigenvalue weighted by molar-refractivity contribution is 7.86. The number of piperidine rings is 1. The highest BCUT2D eigenvalue weighted by atomic mass is 32.2. The van der Waals surface area contributed by atoms with Gasteiger partial charge in [0, 0.05) is 29.2 Å². The van der Waals surface area contributed by atoms with Crippen LogP contribution in [0.2, 0.25) is 0 Å². The van der Waals surface area contributed by atoms with Crippen molar-refractivity contribution >= 4 is 27.0 Å². The Bertz CT molecular complexity index is 1190. The molecule has 0 amide bonds. The molecule has 2 aliphatic rings. The van der Waals surface area contributed by atoms with Crippen molar-refractivity contribution in [3.63, 3.8) is 0 Å². The average Bonchev–Trinajstić information content (AvgIpc) is 3.19. The van der Waals surface area contributed by atoms with Gasteiger partial charge in [0.15, 0.2) is 0 Å². The molecule has 5 atom stereocenters. The van der Waals surface area contributed by atoms with Gasteiger partial charge in [0.25, 0.3) is 0 Å². The second-order valence-corrected chi connectivity index (χ2v) is 10.2. The predicted molar refractivity (Wildman–Crippen MR) is 120 cm³/mol. The van der Waals surface area contributed by atoms with E-state index in [9.17, 15) is 17.8 Å². The normalized spacial score (nSPS) is 27.5. The van der Waals surface area contributed by atoms with Crippen LogP contribution in [0.4, 0.5) is 0 Å². The standard InChI is InChI=1S/C23H30N2O7S/c1-5-13-11-25-10-9-14-19-16(7-6-8-17(19)31-3)24-20(14)21(25)22(33(27,28)29)18(13)15(12-30-2)23(26)32-4/h6-8,12-13,18,21-22,24H,5,9-11H2,1-4H3,(H,27,28,29). The Hall–Kier alpha value is -2.56. The Morgan fingerprint density at radius 2 is 2.06 bits per heavy atom. The summed E-state index contributed by atoms with van der Waals surface area (Å²) in [5.74, 6) is -1.04. The number of carbonyl (C=O) groups excluding carboxylic acids is 1. The van der Waals surface area contributed by atoms with Crippen LogP contribution in [-0.2, 0) is 30.8 Å². The van der Waals surface area contributed by atoms with Gasteiger partial charge in [-0.3, -0.25) is 0 Å². The highest BCUT2D eigenvalue weighted by Crippen LogP contribution is 2.43. The molecule has 2 N–H and O–H groups in total. The monoisotopic (exact) mass is 478 g/mol. The maximum absolute atomic E-state index is 12.9. The van der Waals surface area contributed by atoms with Crippen LogP contribution in [0, 0.1) is 11.8 Å². The predicted octanol–water partition coefficient (Wildman–Crippen LogP) is 0.932. The molecule has 3 heterocycles. The van der Waals surface area contributed by atoms with E-state index in [0.29, 0.717) is 25.3 Å². The van der Waals surface area contributed by atoms with Crippen molar-refractivity contribution in [1.29, 1.82) is 0 Å². The molecule has 1 aromatic heterocycles. The molecule has 33 heavy (non-hydrogen) atoms. The van der Waals surface area contributed by atoms with E-state index in [4.69, 9.17) is 14.2 Å². The van der Waals surface area contributed by atoms with Gasteiger partial charge in [-0.1, -0.05) is 13.0 Å². The summed E-state index contributed by atoms with van der Waals surface area (Å²) < 4.78 is 54.2. The number of nitrogens with one attached hydrogen (secondary N) is 2. The number of hydrogen-bond donors (Lipinski definition) is 2. The van der Waals surface area contributed by atoms with Gasteiger partial charge in [0.1, 0.15) is 27.2 Å². The number of aromatic nitrogens is 1. The quantitative estimate of drug-likeness (QED) is 0.274. The smallest absolute Gasteiger partial charge is 0.337 e. The van der Waals surface area contributed by atoms with Crippen molar-refractivity contribution in [3.05, 3.63) is 41.3 Å². The van der Waals surface area contributed by atoms with Crippen LogP contribution < -0.4 is 9.64 Å². The summed E-state index contributed by atoms with van der Waals surface area (Å²) in [4.78, 5) is 17.1. The zero-order valence-electron chi connectivity index (χ0n) is 19.2. The third-order valence-corrected chi connectivity index (χ3v) is 8.42. The average molecular weight is 479 g/mol. The number of hydrogen-bond acceptors (Lipinski definition) is 7. The van der Waals surface area contributed by atoms with Gasteiger partial charge < -0.3 is 28.6 Å². The molecule has 2 aromatic rings. The van der Waals surface area contributed by atoms with Gasteiger partial charge in [-0.2, -0.15) is 0 Å². The first-order valence-corrected chi connectivity index (χ1v) is 12.5. The van der Waals surface area contributed by atoms with Gasteiger partial charge in [-0.05, 0) is 24.1 Å². The summed E-state index contributed by atoms with van der Waals surface area (Å²) in [6.07, 6.45) is 2.56. The molecule has 0 radical (unpaired) electrons. The molecule has 0 aliphatic carbocycles. The van der Waals surface area contributed by atoms with Crippen molar-refractivity contribution < 1.29 is 36.9 Å². The summed E-state index contributed by atoms with van der Waals surface area (Å²) in [5, 5.41) is -0.448. The van der Waals surface area contributed by atoms with Gasteiger partial charge >= 0.3 is 5.97 Å². The number of H-pyrrole nitrogens is 1. The second-order valence-electron chi connectivity index (χ2n) is 8.69. The molecule has 1 fully saturated rings. The van der Waals surface area contributed by atoms with Crippen molar-refractivity contribution in [2.75, 3.05) is 34.4 Å². The summed E-state index contributed by atoms with van der Waals surface area (Å²) in [7, 11) is -0.603. The topological polar surface area (TPSA) is 122 Å². The van der Waals surface area contributed by atoms with Crippen LogP contribution in [0.25, 0.3) is 10.9 Å². The second kappa shape index (κ2) is 9.00. The molecule has 180 valence electrons. The minimum absolute atomic E-state index is 0.0798. The van der Waals surface area contributed by atoms with Crippen LogP contribution in [0.15, 0.2) is 30.0 Å². The van der Waals surface area contributed by atoms with Crippen molar-refractivity contribution in [2.45, 2.75) is 31.1 Å². The Labute approximate surface area is 193 Å². The molecule has 1 aromatic carbocycles. The lowest BCUT2D eigenvalue weighted by atomic mass is 9.73. The SMILES string of the molecule is CCC1C[NH+]2CCc3c([nH]c4cccc(OC)c34)C2C(S(=O)(=O)[O-])C1C(=COC)C(=O)OC. The number of methoxy groups -OCH3 is 3. The molecular formula is C23H30N2O7S. The molecule has 5 unspecified atom stereocenters. The van der Waals surface area contributed by atoms with Crippen LogP contribution in [-0.4, -0.2) is 63.6 Å². The van der Waals surface area contributed by atoms with Crippen LogP contribution in [0.1, 0.15) is 30.6 Å². The maximum atomic E-state index is 12.9. The fourth-order valence-corrected chi connectivity index (χ4v) is 7.28. The largest absolute Gasteiger partial charge is 0.748 e. The molecule has 2 aliphatic heterocycles. The number of rotatable bonds is 6. The van der Waals surface area contributed by atoms with Gasteiger partial charge in [-0.15, -0.1) is 0 Å². The Balaban J connectivity index is 1.95. The van der Waals surface area contributed by atoms with E-state index in [-0.39, 0.29) is 11.5 Å². The number of quaternary nitrogens is 1. The number of carbonyl (C=O) groups is 1. The first-order chi connectivity index (χ1) is 15.8. The lowest BCUT2D eigenvalue weighted by Crippen LogP contribution is -3.16. The van der Waals surface area contributed by atoms with Crippen molar-refractivity contribution in [3.8, 4) is 5.75 Å². The van der Waals surface area contributed by atoms with Crippen LogP contribution in [0.3, 0.4) is 0 Å². The molecule has 0 saturated carbocycles. The van der Waals surface area contributed by atoms with E-state index < -0.39 is 33.3 Å². The lowest BCUT2D eigenvalue weighted by Gasteiger charge is -2.49. The van der Waals surface area contributed by atoms with Crippen molar-refractivity contribution in [2.24, 2.45) is 11.8 Å². The zero-order chi connectivity index (χ0) is 23.9. The van der Waals surface area contributed by atoms with E-state index in [1.807, 2.05) is 25.1 Å². The van der Waals surface area contributed by atoms with Crippen LogP contribution in [0.5, 0.6) is 5.75 Å². The van der Waals surface area contributed by atoms with E-state index in [0.717, 1.165) is 33.5 Å². The number of fused-ring (bicyclic) bond motifs is 5. The van der Waals surface area contributed by atoms with E-state index >= 15 is 0 Å². The van der Waals surface area contributed by atoms with E-state index in [1.165, 1.54) is 20.5 Å². The van der Waals surface area contributed by atoms with E-state index in [2.05, 4.69) is 4.98 Å². The third-order valence-electron chi connectivity index (χ3n) is 7.19. The van der Waals surface area contributed by atoms with E-state index in [1.54, 1.807) is 7.11 Å². The Morgan fingerprint density at radius 1 is 1.30 bits per heavy atom.